The van der Waals surface area contributed by atoms with Crippen LogP contribution in [-0.2, 0) is 13.6 Å². The predicted molar refractivity (Wildman–Crippen MR) is 97.4 cm³/mol. The Hall–Kier alpha value is -2.30. The summed E-state index contributed by atoms with van der Waals surface area (Å²) < 4.78 is 8.24. The maximum Gasteiger partial charge on any atom is 0.132 e. The van der Waals surface area contributed by atoms with E-state index in [2.05, 4.69) is 22.0 Å². The van der Waals surface area contributed by atoms with E-state index in [0.717, 1.165) is 28.0 Å². The van der Waals surface area contributed by atoms with Crippen molar-refractivity contribution < 1.29 is 9.84 Å². The van der Waals surface area contributed by atoms with Gasteiger partial charge >= 0.3 is 0 Å². The number of hydrogen-bond donors (Lipinski definition) is 2. The fourth-order valence-corrected chi connectivity index (χ4v) is 2.90. The van der Waals surface area contributed by atoms with Crippen LogP contribution in [0.25, 0.3) is 10.9 Å². The third-order valence-corrected chi connectivity index (χ3v) is 4.31. The molecule has 0 saturated heterocycles. The number of ether oxygens (including phenoxy) is 1. The number of nitrogens with zero attached hydrogens (tertiary/aromatic N) is 1. The fourth-order valence-electron chi connectivity index (χ4n) is 2.90. The van der Waals surface area contributed by atoms with Gasteiger partial charge in [0.05, 0.1) is 6.10 Å². The average molecular weight is 324 g/mol. The monoisotopic (exact) mass is 324 g/mol. The Kier molecular flexibility index (Phi) is 4.88. The number of aliphatic hydroxyl groups excluding tert-OH is 1. The first-order valence-corrected chi connectivity index (χ1v) is 8.30. The molecule has 0 aliphatic heterocycles. The molecule has 0 fully saturated rings. The standard InChI is InChI=1S/C20H24N2O2/c1-4-19(23)15-5-6-16(13-21-2)20(12-15)24-17-7-8-18-14(11-17)9-10-22(18)3/h5-12,19,21,23H,4,13H2,1-3H3. The Morgan fingerprint density at radius 3 is 2.75 bits per heavy atom. The second kappa shape index (κ2) is 7.07. The van der Waals surface area contributed by atoms with Gasteiger partial charge in [-0.3, -0.25) is 0 Å². The van der Waals surface area contributed by atoms with Gasteiger partial charge in [0.15, 0.2) is 0 Å². The number of aryl methyl sites for hydroxylation is 1. The maximum absolute atomic E-state index is 10.1. The predicted octanol–water partition coefficient (Wildman–Crippen LogP) is 4.13. The molecule has 1 aromatic heterocycles. The minimum Gasteiger partial charge on any atom is -0.457 e. The largest absolute Gasteiger partial charge is 0.457 e. The molecule has 1 unspecified atom stereocenters. The zero-order chi connectivity index (χ0) is 17.1. The van der Waals surface area contributed by atoms with Crippen LogP contribution >= 0.6 is 0 Å². The highest BCUT2D eigenvalue weighted by Gasteiger charge is 2.11. The van der Waals surface area contributed by atoms with Gasteiger partial charge in [-0.1, -0.05) is 19.1 Å². The SMILES string of the molecule is CCC(O)c1ccc(CNC)c(Oc2ccc3c(ccn3C)c2)c1. The van der Waals surface area contributed by atoms with E-state index in [1.807, 2.05) is 57.5 Å². The van der Waals surface area contributed by atoms with Gasteiger partial charge in [-0.05, 0) is 49.4 Å². The van der Waals surface area contributed by atoms with Crippen LogP contribution in [0, 0.1) is 0 Å². The lowest BCUT2D eigenvalue weighted by atomic mass is 10.0. The van der Waals surface area contributed by atoms with Gasteiger partial charge in [0, 0.05) is 36.3 Å². The third-order valence-electron chi connectivity index (χ3n) is 4.31. The molecule has 126 valence electrons. The Morgan fingerprint density at radius 1 is 1.17 bits per heavy atom. The number of aromatic nitrogens is 1. The average Bonchev–Trinajstić information content (AvgIpc) is 2.96. The molecule has 2 aromatic carbocycles. The lowest BCUT2D eigenvalue weighted by Gasteiger charge is -2.15. The van der Waals surface area contributed by atoms with Gasteiger partial charge < -0.3 is 19.7 Å². The second-order valence-electron chi connectivity index (χ2n) is 6.07. The van der Waals surface area contributed by atoms with Crippen molar-refractivity contribution in [2.75, 3.05) is 7.05 Å². The minimum atomic E-state index is -0.465. The van der Waals surface area contributed by atoms with Crippen LogP contribution in [0.2, 0.25) is 0 Å². The molecule has 1 heterocycles. The summed E-state index contributed by atoms with van der Waals surface area (Å²) in [5.41, 5.74) is 3.12. The number of fused-ring (bicyclic) bond motifs is 1. The van der Waals surface area contributed by atoms with Crippen molar-refractivity contribution in [2.45, 2.75) is 26.0 Å². The molecule has 0 bridgehead atoms. The lowest BCUT2D eigenvalue weighted by molar-refractivity contribution is 0.173. The molecule has 1 atom stereocenters. The number of hydrogen-bond acceptors (Lipinski definition) is 3. The summed E-state index contributed by atoms with van der Waals surface area (Å²) in [6.07, 6.45) is 2.26. The number of benzene rings is 2. The first-order valence-electron chi connectivity index (χ1n) is 8.30. The number of aliphatic hydroxyl groups is 1. The molecule has 0 radical (unpaired) electrons. The lowest BCUT2D eigenvalue weighted by Crippen LogP contribution is -2.07. The molecule has 0 aliphatic carbocycles. The van der Waals surface area contributed by atoms with Gasteiger partial charge in [-0.25, -0.2) is 0 Å². The summed E-state index contributed by atoms with van der Waals surface area (Å²) in [6, 6.07) is 14.1. The second-order valence-corrected chi connectivity index (χ2v) is 6.07. The van der Waals surface area contributed by atoms with Crippen molar-refractivity contribution in [3.8, 4) is 11.5 Å². The molecule has 24 heavy (non-hydrogen) atoms. The summed E-state index contributed by atoms with van der Waals surface area (Å²) in [7, 11) is 3.94. The number of rotatable bonds is 6. The minimum absolute atomic E-state index is 0.465. The van der Waals surface area contributed by atoms with Crippen molar-refractivity contribution in [1.82, 2.24) is 9.88 Å². The summed E-state index contributed by atoms with van der Waals surface area (Å²) in [5.74, 6) is 1.58. The van der Waals surface area contributed by atoms with E-state index in [4.69, 9.17) is 4.74 Å². The van der Waals surface area contributed by atoms with E-state index in [1.54, 1.807) is 0 Å². The Bertz CT molecular complexity index is 839. The summed E-state index contributed by atoms with van der Waals surface area (Å²) in [4.78, 5) is 0. The molecule has 4 heteroatoms. The van der Waals surface area contributed by atoms with Gasteiger partial charge in [0.2, 0.25) is 0 Å². The van der Waals surface area contributed by atoms with Gasteiger partial charge in [0.1, 0.15) is 11.5 Å². The first kappa shape index (κ1) is 16.6. The molecule has 4 nitrogen and oxygen atoms in total. The normalized spacial score (nSPS) is 12.5. The molecule has 2 N–H and O–H groups in total. The maximum atomic E-state index is 10.1. The zero-order valence-corrected chi connectivity index (χ0v) is 14.4. The smallest absolute Gasteiger partial charge is 0.132 e. The van der Waals surface area contributed by atoms with E-state index in [1.165, 1.54) is 5.52 Å². The van der Waals surface area contributed by atoms with Crippen molar-refractivity contribution in [3.63, 3.8) is 0 Å². The summed E-state index contributed by atoms with van der Waals surface area (Å²) >= 11 is 0. The van der Waals surface area contributed by atoms with Crippen molar-refractivity contribution >= 4 is 10.9 Å². The van der Waals surface area contributed by atoms with E-state index in [0.29, 0.717) is 13.0 Å². The highest BCUT2D eigenvalue weighted by atomic mass is 16.5. The van der Waals surface area contributed by atoms with Gasteiger partial charge in [0.25, 0.3) is 0 Å². The van der Waals surface area contributed by atoms with Crippen LogP contribution in [0.3, 0.4) is 0 Å². The van der Waals surface area contributed by atoms with Crippen LogP contribution in [0.1, 0.15) is 30.6 Å². The van der Waals surface area contributed by atoms with Gasteiger partial charge in [-0.2, -0.15) is 0 Å². The van der Waals surface area contributed by atoms with Crippen molar-refractivity contribution in [1.29, 1.82) is 0 Å². The molecule has 3 rings (SSSR count). The molecule has 0 spiro atoms. The Balaban J connectivity index is 1.95. The fraction of sp³-hybridized carbons (Fsp3) is 0.300. The molecule has 0 aliphatic rings. The first-order chi connectivity index (χ1) is 11.6. The van der Waals surface area contributed by atoms with Crippen LogP contribution in [0.5, 0.6) is 11.5 Å². The van der Waals surface area contributed by atoms with E-state index in [9.17, 15) is 5.11 Å². The molecule has 0 amide bonds. The topological polar surface area (TPSA) is 46.4 Å². The van der Waals surface area contributed by atoms with E-state index >= 15 is 0 Å². The Morgan fingerprint density at radius 2 is 2.00 bits per heavy atom. The highest BCUT2D eigenvalue weighted by Crippen LogP contribution is 2.31. The van der Waals surface area contributed by atoms with Crippen LogP contribution in [0.15, 0.2) is 48.7 Å². The third kappa shape index (κ3) is 3.30. The number of nitrogens with one attached hydrogen (secondary N) is 1. The van der Waals surface area contributed by atoms with Crippen LogP contribution in [-0.4, -0.2) is 16.7 Å². The van der Waals surface area contributed by atoms with E-state index in [-0.39, 0.29) is 0 Å². The van der Waals surface area contributed by atoms with E-state index < -0.39 is 6.10 Å². The van der Waals surface area contributed by atoms with Crippen molar-refractivity contribution in [2.24, 2.45) is 7.05 Å². The highest BCUT2D eigenvalue weighted by molar-refractivity contribution is 5.81. The quantitative estimate of drug-likeness (QED) is 0.716. The summed E-state index contributed by atoms with van der Waals surface area (Å²) in [5, 5.41) is 14.4. The van der Waals surface area contributed by atoms with Crippen LogP contribution in [0.4, 0.5) is 0 Å². The zero-order valence-electron chi connectivity index (χ0n) is 14.4. The molecule has 3 aromatic rings. The van der Waals surface area contributed by atoms with Crippen LogP contribution < -0.4 is 10.1 Å². The molecular formula is C20H24N2O2. The molecular weight excluding hydrogens is 300 g/mol. The van der Waals surface area contributed by atoms with Gasteiger partial charge in [-0.15, -0.1) is 0 Å². The molecule has 0 saturated carbocycles. The summed E-state index contributed by atoms with van der Waals surface area (Å²) in [6.45, 7) is 2.68. The Labute approximate surface area is 142 Å². The van der Waals surface area contributed by atoms with Crippen molar-refractivity contribution in [3.05, 3.63) is 59.8 Å².